The first-order valence-corrected chi connectivity index (χ1v) is 11.4. The lowest BCUT2D eigenvalue weighted by molar-refractivity contribution is 0.00937. The van der Waals surface area contributed by atoms with E-state index in [2.05, 4.69) is 15.5 Å². The molecule has 6 nitrogen and oxygen atoms in total. The van der Waals surface area contributed by atoms with Gasteiger partial charge in [-0.25, -0.2) is 4.39 Å². The Kier molecular flexibility index (Phi) is 8.90. The fraction of sp³-hybridized carbons (Fsp3) is 0.696. The van der Waals surface area contributed by atoms with Gasteiger partial charge in [-0.1, -0.05) is 37.5 Å². The molecule has 3 rings (SSSR count). The number of ether oxygens (including phenoxy) is 1. The first-order valence-electron chi connectivity index (χ1n) is 11.4. The molecule has 2 fully saturated rings. The Labute approximate surface area is 179 Å². The van der Waals surface area contributed by atoms with Crippen LogP contribution in [-0.4, -0.2) is 68.4 Å². The predicted octanol–water partition coefficient (Wildman–Crippen LogP) is 2.70. The molecule has 168 valence electrons. The summed E-state index contributed by atoms with van der Waals surface area (Å²) in [6.07, 6.45) is 5.30. The van der Waals surface area contributed by atoms with E-state index in [-0.39, 0.29) is 17.8 Å². The van der Waals surface area contributed by atoms with Crippen molar-refractivity contribution < 1.29 is 14.2 Å². The van der Waals surface area contributed by atoms with Crippen LogP contribution in [0.3, 0.4) is 0 Å². The Hall–Kier alpha value is -1.70. The lowest BCUT2D eigenvalue weighted by Crippen LogP contribution is -2.47. The lowest BCUT2D eigenvalue weighted by atomic mass is 9.73. The molecule has 0 radical (unpaired) electrons. The quantitative estimate of drug-likeness (QED) is 0.446. The van der Waals surface area contributed by atoms with Gasteiger partial charge >= 0.3 is 0 Å². The molecule has 1 aliphatic carbocycles. The molecular weight excluding hydrogens is 383 g/mol. The second kappa shape index (κ2) is 11.6. The SMILES string of the molecule is CCNC(=NCC1(CN2CCOCC2)CCCCC1)NCC(O)c1ccccc1F. The zero-order chi connectivity index (χ0) is 21.2. The Morgan fingerprint density at radius 2 is 1.93 bits per heavy atom. The predicted molar refractivity (Wildman–Crippen MR) is 118 cm³/mol. The Morgan fingerprint density at radius 1 is 1.20 bits per heavy atom. The third-order valence-corrected chi connectivity index (χ3v) is 6.22. The van der Waals surface area contributed by atoms with Crippen molar-refractivity contribution in [2.45, 2.75) is 45.1 Å². The van der Waals surface area contributed by atoms with Crippen molar-refractivity contribution in [2.24, 2.45) is 10.4 Å². The summed E-state index contributed by atoms with van der Waals surface area (Å²) in [7, 11) is 0. The third-order valence-electron chi connectivity index (χ3n) is 6.22. The minimum atomic E-state index is -0.924. The molecule has 0 aromatic heterocycles. The van der Waals surface area contributed by atoms with Gasteiger partial charge in [0.25, 0.3) is 0 Å². The van der Waals surface area contributed by atoms with E-state index in [1.165, 1.54) is 38.2 Å². The van der Waals surface area contributed by atoms with Crippen LogP contribution in [0.25, 0.3) is 0 Å². The number of aliphatic hydroxyl groups is 1. The van der Waals surface area contributed by atoms with Crippen molar-refractivity contribution >= 4 is 5.96 Å². The van der Waals surface area contributed by atoms with E-state index in [4.69, 9.17) is 9.73 Å². The standard InChI is InChI=1S/C23H37FN4O2/c1-2-25-22(26-16-21(29)19-8-4-5-9-20(19)24)27-17-23(10-6-3-7-11-23)18-28-12-14-30-15-13-28/h4-5,8-9,21,29H,2-3,6-7,10-18H2,1H3,(H2,25,26,27). The van der Waals surface area contributed by atoms with E-state index >= 15 is 0 Å². The molecule has 2 aliphatic rings. The average molecular weight is 421 g/mol. The van der Waals surface area contributed by atoms with Gasteiger partial charge in [-0.05, 0) is 25.8 Å². The highest BCUT2D eigenvalue weighted by atomic mass is 19.1. The van der Waals surface area contributed by atoms with Crippen molar-refractivity contribution in [1.29, 1.82) is 0 Å². The van der Waals surface area contributed by atoms with Crippen molar-refractivity contribution in [1.82, 2.24) is 15.5 Å². The fourth-order valence-electron chi connectivity index (χ4n) is 4.54. The fourth-order valence-corrected chi connectivity index (χ4v) is 4.54. The molecular formula is C23H37FN4O2. The molecule has 1 unspecified atom stereocenters. The number of guanidine groups is 1. The monoisotopic (exact) mass is 420 g/mol. The summed E-state index contributed by atoms with van der Waals surface area (Å²) in [5.74, 6) is 0.292. The highest BCUT2D eigenvalue weighted by Crippen LogP contribution is 2.37. The van der Waals surface area contributed by atoms with Crippen LogP contribution in [0.1, 0.15) is 50.7 Å². The summed E-state index contributed by atoms with van der Waals surface area (Å²) >= 11 is 0. The van der Waals surface area contributed by atoms with E-state index in [1.807, 2.05) is 6.92 Å². The molecule has 7 heteroatoms. The summed E-state index contributed by atoms with van der Waals surface area (Å²) in [5, 5.41) is 16.9. The summed E-state index contributed by atoms with van der Waals surface area (Å²) in [6.45, 7) is 8.43. The van der Waals surface area contributed by atoms with E-state index in [1.54, 1.807) is 18.2 Å². The number of halogens is 1. The van der Waals surface area contributed by atoms with E-state index in [9.17, 15) is 9.50 Å². The maximum absolute atomic E-state index is 13.9. The van der Waals surface area contributed by atoms with Gasteiger partial charge in [0.05, 0.1) is 19.3 Å². The van der Waals surface area contributed by atoms with E-state index < -0.39 is 6.10 Å². The van der Waals surface area contributed by atoms with Crippen LogP contribution in [0.5, 0.6) is 0 Å². The molecule has 1 heterocycles. The van der Waals surface area contributed by atoms with Gasteiger partial charge in [-0.15, -0.1) is 0 Å². The first kappa shape index (κ1) is 23.0. The van der Waals surface area contributed by atoms with Crippen LogP contribution in [-0.2, 0) is 4.74 Å². The van der Waals surface area contributed by atoms with Crippen LogP contribution >= 0.6 is 0 Å². The third kappa shape index (κ3) is 6.65. The number of morpholine rings is 1. The molecule has 1 aromatic carbocycles. The summed E-state index contributed by atoms with van der Waals surface area (Å²) < 4.78 is 19.4. The number of hydrogen-bond acceptors (Lipinski definition) is 4. The lowest BCUT2D eigenvalue weighted by Gasteiger charge is -2.41. The zero-order valence-electron chi connectivity index (χ0n) is 18.2. The number of benzene rings is 1. The van der Waals surface area contributed by atoms with Crippen LogP contribution in [0.4, 0.5) is 4.39 Å². The van der Waals surface area contributed by atoms with Gasteiger partial charge in [0, 0.05) is 50.2 Å². The molecule has 1 aliphatic heterocycles. The van der Waals surface area contributed by atoms with Gasteiger partial charge in [0.2, 0.25) is 0 Å². The number of nitrogens with zero attached hydrogens (tertiary/aromatic N) is 2. The van der Waals surface area contributed by atoms with Crippen LogP contribution in [0.2, 0.25) is 0 Å². The Morgan fingerprint density at radius 3 is 2.63 bits per heavy atom. The highest BCUT2D eigenvalue weighted by molar-refractivity contribution is 5.79. The minimum Gasteiger partial charge on any atom is -0.386 e. The topological polar surface area (TPSA) is 69.1 Å². The number of hydrogen-bond donors (Lipinski definition) is 3. The normalized spacial score (nSPS) is 21.2. The van der Waals surface area contributed by atoms with Crippen LogP contribution in [0, 0.1) is 11.2 Å². The van der Waals surface area contributed by atoms with Gasteiger partial charge in [-0.2, -0.15) is 0 Å². The summed E-state index contributed by atoms with van der Waals surface area (Å²) in [5.41, 5.74) is 0.499. The first-order chi connectivity index (χ1) is 14.6. The number of nitrogens with one attached hydrogen (secondary N) is 2. The molecule has 30 heavy (non-hydrogen) atoms. The zero-order valence-corrected chi connectivity index (χ0v) is 18.2. The molecule has 1 saturated heterocycles. The molecule has 0 bridgehead atoms. The van der Waals surface area contributed by atoms with Crippen molar-refractivity contribution in [3.8, 4) is 0 Å². The Bertz CT molecular complexity index is 673. The molecule has 0 spiro atoms. The van der Waals surface area contributed by atoms with Crippen LogP contribution < -0.4 is 10.6 Å². The minimum absolute atomic E-state index is 0.197. The smallest absolute Gasteiger partial charge is 0.191 e. The van der Waals surface area contributed by atoms with Gasteiger partial charge in [0.15, 0.2) is 5.96 Å². The molecule has 1 aromatic rings. The van der Waals surface area contributed by atoms with Crippen molar-refractivity contribution in [3.05, 3.63) is 35.6 Å². The number of aliphatic imine (C=N–C) groups is 1. The molecule has 1 saturated carbocycles. The number of rotatable bonds is 8. The van der Waals surface area contributed by atoms with Gasteiger partial charge in [0.1, 0.15) is 5.82 Å². The van der Waals surface area contributed by atoms with Gasteiger partial charge in [-0.3, -0.25) is 9.89 Å². The molecule has 3 N–H and O–H groups in total. The second-order valence-electron chi connectivity index (χ2n) is 8.56. The number of aliphatic hydroxyl groups excluding tert-OH is 1. The Balaban J connectivity index is 1.62. The van der Waals surface area contributed by atoms with Crippen LogP contribution in [0.15, 0.2) is 29.3 Å². The summed E-state index contributed by atoms with van der Waals surface area (Å²) in [6, 6.07) is 6.35. The van der Waals surface area contributed by atoms with Crippen molar-refractivity contribution in [3.63, 3.8) is 0 Å². The van der Waals surface area contributed by atoms with E-state index in [0.29, 0.717) is 11.5 Å². The molecule has 1 atom stereocenters. The second-order valence-corrected chi connectivity index (χ2v) is 8.56. The molecule has 0 amide bonds. The largest absolute Gasteiger partial charge is 0.386 e. The maximum Gasteiger partial charge on any atom is 0.191 e. The van der Waals surface area contributed by atoms with E-state index in [0.717, 1.165) is 45.9 Å². The van der Waals surface area contributed by atoms with Gasteiger partial charge < -0.3 is 20.5 Å². The highest BCUT2D eigenvalue weighted by Gasteiger charge is 2.34. The van der Waals surface area contributed by atoms with Crippen molar-refractivity contribution in [2.75, 3.05) is 52.5 Å². The maximum atomic E-state index is 13.9. The average Bonchev–Trinajstić information content (AvgIpc) is 2.77. The summed E-state index contributed by atoms with van der Waals surface area (Å²) in [4.78, 5) is 7.41.